The number of carbonyl (C=O) groups excluding carboxylic acids is 2. The Morgan fingerprint density at radius 3 is 2.38 bits per heavy atom. The summed E-state index contributed by atoms with van der Waals surface area (Å²) < 4.78 is 97.0. The predicted octanol–water partition coefficient (Wildman–Crippen LogP) is 6.51. The van der Waals surface area contributed by atoms with E-state index in [1.807, 2.05) is 0 Å². The number of rotatable bonds is 10. The minimum Gasteiger partial charge on any atom is -0.474 e. The summed E-state index contributed by atoms with van der Waals surface area (Å²) in [5.74, 6) is -3.28. The molecule has 1 aromatic carbocycles. The second-order valence-electron chi connectivity index (χ2n) is 11.1. The summed E-state index contributed by atoms with van der Waals surface area (Å²) in [6.45, 7) is -1.46. The molecule has 244 valence electrons. The Kier molecular flexibility index (Phi) is 9.06. The normalized spacial score (nSPS) is 19.6. The average Bonchev–Trinajstić information content (AvgIpc) is 3.72. The quantitative estimate of drug-likeness (QED) is 0.183. The molecule has 2 aliphatic rings. The first kappa shape index (κ1) is 32.6. The molecular formula is C28H28ClF7N6O3. The van der Waals surface area contributed by atoms with Crippen LogP contribution in [0.15, 0.2) is 24.3 Å². The Morgan fingerprint density at radius 2 is 1.76 bits per heavy atom. The lowest BCUT2D eigenvalue weighted by atomic mass is 9.85. The zero-order chi connectivity index (χ0) is 32.6. The zero-order valence-electron chi connectivity index (χ0n) is 23.5. The van der Waals surface area contributed by atoms with Crippen LogP contribution in [0.4, 0.5) is 42.4 Å². The number of imidazole rings is 1. The van der Waals surface area contributed by atoms with Gasteiger partial charge in [0.25, 0.3) is 5.91 Å². The Labute approximate surface area is 256 Å². The fraction of sp³-hybridized carbons (Fsp3) is 0.500. The summed E-state index contributed by atoms with van der Waals surface area (Å²) in [5, 5.41) is 8.18. The maximum Gasteiger partial charge on any atom is 0.403 e. The van der Waals surface area contributed by atoms with Crippen molar-refractivity contribution in [2.24, 2.45) is 11.3 Å². The van der Waals surface area contributed by atoms with Gasteiger partial charge in [0, 0.05) is 12.6 Å². The van der Waals surface area contributed by atoms with Crippen LogP contribution in [-0.2, 0) is 11.3 Å². The van der Waals surface area contributed by atoms with Gasteiger partial charge >= 0.3 is 12.4 Å². The van der Waals surface area contributed by atoms with Crippen LogP contribution in [0.25, 0.3) is 11.2 Å². The van der Waals surface area contributed by atoms with Crippen molar-refractivity contribution in [3.63, 3.8) is 0 Å². The van der Waals surface area contributed by atoms with Crippen LogP contribution >= 0.6 is 11.6 Å². The Hall–Kier alpha value is -3.82. The van der Waals surface area contributed by atoms with E-state index in [0.717, 1.165) is 0 Å². The van der Waals surface area contributed by atoms with Gasteiger partial charge in [-0.2, -0.15) is 31.3 Å². The van der Waals surface area contributed by atoms with E-state index in [0.29, 0.717) is 11.3 Å². The third kappa shape index (κ3) is 7.20. The summed E-state index contributed by atoms with van der Waals surface area (Å²) in [7, 11) is 0. The van der Waals surface area contributed by atoms with E-state index in [-0.39, 0.29) is 78.6 Å². The number of amides is 2. The van der Waals surface area contributed by atoms with E-state index in [2.05, 4.69) is 30.9 Å². The van der Waals surface area contributed by atoms with E-state index in [1.54, 1.807) is 0 Å². The van der Waals surface area contributed by atoms with Crippen LogP contribution in [0.2, 0.25) is 5.02 Å². The highest BCUT2D eigenvalue weighted by atomic mass is 35.5. The first-order valence-electron chi connectivity index (χ1n) is 14.1. The predicted molar refractivity (Wildman–Crippen MR) is 149 cm³/mol. The molecule has 2 heterocycles. The molecule has 0 bridgehead atoms. The van der Waals surface area contributed by atoms with Gasteiger partial charge in [-0.25, -0.2) is 9.37 Å². The number of pyridine rings is 1. The molecule has 4 N–H and O–H groups in total. The van der Waals surface area contributed by atoms with Crippen LogP contribution in [0.3, 0.4) is 0 Å². The number of nitrogens with one attached hydrogen (secondary N) is 4. The Balaban J connectivity index is 1.30. The smallest absolute Gasteiger partial charge is 0.403 e. The molecule has 9 nitrogen and oxygen atoms in total. The van der Waals surface area contributed by atoms with Gasteiger partial charge in [-0.05, 0) is 62.3 Å². The molecule has 2 amide bonds. The fourth-order valence-electron chi connectivity index (χ4n) is 5.24. The van der Waals surface area contributed by atoms with Gasteiger partial charge in [0.2, 0.25) is 17.7 Å². The highest BCUT2D eigenvalue weighted by molar-refractivity contribution is 6.33. The number of fused-ring (bicyclic) bond motifs is 1. The van der Waals surface area contributed by atoms with Crippen LogP contribution in [0.5, 0.6) is 5.88 Å². The van der Waals surface area contributed by atoms with Crippen molar-refractivity contribution >= 4 is 46.2 Å². The number of anilines is 2. The number of nitrogens with zero attached hydrogens (tertiary/aromatic N) is 2. The standard InChI is InChI=1S/C28H28ClF7N6O3/c29-18-6-1-14(13-37-24(44)26(7-8-26)28(34,35)36)11-19(18)39-25-40-20-12-17(23(45-10-9-30)41-21(20)42-25)22(43)38-16-4-2-15(3-5-16)27(31,32)33/h1,6,11-12,15-16H,2-5,7-10,13H2,(H,37,44)(H,38,43)(H2,39,40,41,42)/t15-,16-. The van der Waals surface area contributed by atoms with Crippen LogP contribution < -0.4 is 20.7 Å². The minimum atomic E-state index is -4.63. The van der Waals surface area contributed by atoms with E-state index >= 15 is 0 Å². The first-order chi connectivity index (χ1) is 21.2. The summed E-state index contributed by atoms with van der Waals surface area (Å²) in [6, 6.07) is 5.38. The van der Waals surface area contributed by atoms with Crippen molar-refractivity contribution in [1.82, 2.24) is 25.6 Å². The fourth-order valence-corrected chi connectivity index (χ4v) is 5.41. The second-order valence-corrected chi connectivity index (χ2v) is 11.5. The van der Waals surface area contributed by atoms with Crippen LogP contribution in [-0.4, -0.2) is 58.4 Å². The molecule has 45 heavy (non-hydrogen) atoms. The monoisotopic (exact) mass is 664 g/mol. The SMILES string of the molecule is O=C(N[C@H]1CC[C@H](C(F)(F)F)CC1)c1cc2nc(Nc3cc(CNC(=O)C4(C(F)(F)F)CC4)ccc3Cl)[nH]c2nc1OCCF. The third-order valence-electron chi connectivity index (χ3n) is 7.99. The number of halogens is 8. The van der Waals surface area contributed by atoms with Gasteiger partial charge in [-0.3, -0.25) is 9.59 Å². The summed E-state index contributed by atoms with van der Waals surface area (Å²) in [5.41, 5.74) is -1.35. The molecule has 17 heteroatoms. The molecular weight excluding hydrogens is 637 g/mol. The molecule has 0 saturated heterocycles. The van der Waals surface area contributed by atoms with E-state index in [4.69, 9.17) is 16.3 Å². The van der Waals surface area contributed by atoms with Crippen molar-refractivity contribution in [3.8, 4) is 5.88 Å². The molecule has 0 spiro atoms. The summed E-state index contributed by atoms with van der Waals surface area (Å²) >= 11 is 6.30. The second kappa shape index (κ2) is 12.5. The van der Waals surface area contributed by atoms with Crippen molar-refractivity contribution in [2.75, 3.05) is 18.6 Å². The van der Waals surface area contributed by atoms with E-state index in [1.165, 1.54) is 24.3 Å². The highest BCUT2D eigenvalue weighted by Gasteiger charge is 2.68. The first-order valence-corrected chi connectivity index (χ1v) is 14.5. The van der Waals surface area contributed by atoms with Gasteiger partial charge in [0.15, 0.2) is 5.65 Å². The number of ether oxygens (including phenoxy) is 1. The molecule has 0 unspecified atom stereocenters. The molecule has 3 aromatic rings. The number of benzene rings is 1. The summed E-state index contributed by atoms with van der Waals surface area (Å²) in [6.07, 6.45) is -9.41. The number of aromatic amines is 1. The largest absolute Gasteiger partial charge is 0.474 e. The molecule has 2 aromatic heterocycles. The van der Waals surface area contributed by atoms with Crippen LogP contribution in [0, 0.1) is 11.3 Å². The Bertz CT molecular complexity index is 1570. The van der Waals surface area contributed by atoms with Crippen LogP contribution in [0.1, 0.15) is 54.4 Å². The van der Waals surface area contributed by atoms with E-state index in [9.17, 15) is 40.3 Å². The molecule has 2 aliphatic carbocycles. The summed E-state index contributed by atoms with van der Waals surface area (Å²) in [4.78, 5) is 36.8. The van der Waals surface area contributed by atoms with Gasteiger partial charge in [-0.1, -0.05) is 17.7 Å². The Morgan fingerprint density at radius 1 is 1.04 bits per heavy atom. The van der Waals surface area contributed by atoms with Crippen molar-refractivity contribution in [2.45, 2.75) is 63.5 Å². The van der Waals surface area contributed by atoms with E-state index < -0.39 is 54.8 Å². The molecule has 0 atom stereocenters. The highest BCUT2D eigenvalue weighted by Crippen LogP contribution is 2.57. The maximum absolute atomic E-state index is 13.2. The number of carbonyl (C=O) groups is 2. The lowest BCUT2D eigenvalue weighted by molar-refractivity contribution is -0.192. The molecule has 5 rings (SSSR count). The van der Waals surface area contributed by atoms with Gasteiger partial charge in [0.05, 0.1) is 16.6 Å². The van der Waals surface area contributed by atoms with Crippen molar-refractivity contribution < 1.29 is 45.1 Å². The lowest BCUT2D eigenvalue weighted by Crippen LogP contribution is -2.40. The molecule has 2 saturated carbocycles. The molecule has 0 radical (unpaired) electrons. The number of aromatic nitrogens is 3. The van der Waals surface area contributed by atoms with Gasteiger partial charge in [-0.15, -0.1) is 0 Å². The zero-order valence-corrected chi connectivity index (χ0v) is 24.2. The number of alkyl halides is 7. The third-order valence-corrected chi connectivity index (χ3v) is 8.32. The van der Waals surface area contributed by atoms with Crippen molar-refractivity contribution in [3.05, 3.63) is 40.4 Å². The van der Waals surface area contributed by atoms with Gasteiger partial charge < -0.3 is 25.7 Å². The van der Waals surface area contributed by atoms with Crippen molar-refractivity contribution in [1.29, 1.82) is 0 Å². The average molecular weight is 665 g/mol. The lowest BCUT2D eigenvalue weighted by Gasteiger charge is -2.30. The number of hydrogen-bond acceptors (Lipinski definition) is 6. The number of hydrogen-bond donors (Lipinski definition) is 4. The number of H-pyrrole nitrogens is 1. The topological polar surface area (TPSA) is 121 Å². The maximum atomic E-state index is 13.2. The van der Waals surface area contributed by atoms with Gasteiger partial charge in [0.1, 0.15) is 29.8 Å². The molecule has 0 aliphatic heterocycles. The minimum absolute atomic E-state index is 0.0880. The molecule has 2 fully saturated rings.